The van der Waals surface area contributed by atoms with E-state index in [-0.39, 0.29) is 53.8 Å². The van der Waals surface area contributed by atoms with E-state index in [1.54, 1.807) is 60.4 Å². The van der Waals surface area contributed by atoms with Crippen molar-refractivity contribution in [2.45, 2.75) is 43.7 Å². The summed E-state index contributed by atoms with van der Waals surface area (Å²) < 4.78 is 33.8. The summed E-state index contributed by atoms with van der Waals surface area (Å²) in [6, 6.07) is 12.6. The number of hydrogen-bond donors (Lipinski definition) is 2. The van der Waals surface area contributed by atoms with Gasteiger partial charge in [0.1, 0.15) is 11.9 Å². The van der Waals surface area contributed by atoms with E-state index in [1.807, 2.05) is 6.92 Å². The number of ether oxygens (including phenoxy) is 1. The van der Waals surface area contributed by atoms with Crippen molar-refractivity contribution in [2.24, 2.45) is 11.8 Å². The maximum Gasteiger partial charge on any atom is 0.258 e. The van der Waals surface area contributed by atoms with Crippen LogP contribution in [0.3, 0.4) is 0 Å². The van der Waals surface area contributed by atoms with Crippen LogP contribution in [0, 0.1) is 11.8 Å². The maximum absolute atomic E-state index is 13.5. The molecule has 0 bridgehead atoms. The molecule has 36 heavy (non-hydrogen) atoms. The van der Waals surface area contributed by atoms with Gasteiger partial charge in [-0.05, 0) is 50.1 Å². The summed E-state index contributed by atoms with van der Waals surface area (Å²) in [6.45, 7) is 3.76. The van der Waals surface area contributed by atoms with E-state index in [2.05, 4.69) is 5.32 Å². The van der Waals surface area contributed by atoms with Gasteiger partial charge in [-0.1, -0.05) is 25.1 Å². The van der Waals surface area contributed by atoms with E-state index in [0.717, 1.165) is 12.8 Å². The average molecular weight is 516 g/mol. The number of sulfonamides is 1. The number of benzene rings is 2. The van der Waals surface area contributed by atoms with Crippen LogP contribution in [0.1, 0.15) is 37.0 Å². The number of rotatable bonds is 8. The molecule has 0 radical (unpaired) electrons. The van der Waals surface area contributed by atoms with Crippen molar-refractivity contribution < 1.29 is 27.9 Å². The van der Waals surface area contributed by atoms with Gasteiger partial charge in [-0.25, -0.2) is 8.42 Å². The normalized spacial score (nSPS) is 21.2. The van der Waals surface area contributed by atoms with Gasteiger partial charge in [-0.15, -0.1) is 0 Å². The summed E-state index contributed by atoms with van der Waals surface area (Å²) >= 11 is 0. The molecule has 1 aliphatic carbocycles. The van der Waals surface area contributed by atoms with E-state index in [1.165, 1.54) is 11.4 Å². The van der Waals surface area contributed by atoms with Crippen molar-refractivity contribution in [3.05, 3.63) is 54.1 Å². The van der Waals surface area contributed by atoms with Crippen LogP contribution in [-0.4, -0.2) is 73.4 Å². The molecule has 2 amide bonds. The fraction of sp³-hybridized carbons (Fsp3) is 0.462. The lowest BCUT2D eigenvalue weighted by Crippen LogP contribution is -2.50. The van der Waals surface area contributed by atoms with Crippen LogP contribution in [0.15, 0.2) is 53.4 Å². The molecule has 0 unspecified atom stereocenters. The third-order valence-corrected chi connectivity index (χ3v) is 8.61. The first-order valence-electron chi connectivity index (χ1n) is 12.2. The number of carbonyl (C=O) groups is 2. The Bertz CT molecular complexity index is 1220. The lowest BCUT2D eigenvalue weighted by atomic mass is 9.99. The second-order valence-electron chi connectivity index (χ2n) is 9.70. The van der Waals surface area contributed by atoms with Crippen molar-refractivity contribution >= 4 is 27.5 Å². The summed E-state index contributed by atoms with van der Waals surface area (Å²) in [7, 11) is -2.23. The molecule has 3 atom stereocenters. The van der Waals surface area contributed by atoms with Gasteiger partial charge in [0.2, 0.25) is 15.9 Å². The quantitative estimate of drug-likeness (QED) is 0.558. The molecule has 10 heteroatoms. The van der Waals surface area contributed by atoms with Gasteiger partial charge in [0, 0.05) is 31.1 Å². The van der Waals surface area contributed by atoms with Crippen LogP contribution in [0.5, 0.6) is 5.75 Å². The molecule has 2 aromatic rings. The van der Waals surface area contributed by atoms with E-state index in [9.17, 15) is 23.1 Å². The Balaban J connectivity index is 1.65. The molecule has 0 spiro atoms. The monoisotopic (exact) mass is 515 g/mol. The zero-order valence-corrected chi connectivity index (χ0v) is 21.6. The molecule has 2 aromatic carbocycles. The Morgan fingerprint density at radius 1 is 1.22 bits per heavy atom. The second kappa shape index (κ2) is 10.6. The van der Waals surface area contributed by atoms with Crippen LogP contribution in [0.4, 0.5) is 5.69 Å². The summed E-state index contributed by atoms with van der Waals surface area (Å²) in [5.41, 5.74) is 0.752. The highest BCUT2D eigenvalue weighted by atomic mass is 32.2. The minimum absolute atomic E-state index is 0.0113. The molecular formula is C26H33N3O6S. The predicted molar refractivity (Wildman–Crippen MR) is 135 cm³/mol. The minimum Gasteiger partial charge on any atom is -0.488 e. The summed E-state index contributed by atoms with van der Waals surface area (Å²) in [6.07, 6.45) is 1.15. The molecule has 9 nitrogen and oxygen atoms in total. The average Bonchev–Trinajstić information content (AvgIpc) is 3.72. The Labute approximate surface area is 212 Å². The third-order valence-electron chi connectivity index (χ3n) is 6.77. The molecule has 2 aliphatic rings. The molecule has 194 valence electrons. The summed E-state index contributed by atoms with van der Waals surface area (Å²) in [4.78, 5) is 27.5. The van der Waals surface area contributed by atoms with Crippen molar-refractivity contribution in [1.82, 2.24) is 9.21 Å². The highest BCUT2D eigenvalue weighted by Crippen LogP contribution is 2.33. The number of nitrogens with zero attached hydrogens (tertiary/aromatic N) is 2. The van der Waals surface area contributed by atoms with Crippen LogP contribution in [-0.2, 0) is 14.8 Å². The topological polar surface area (TPSA) is 116 Å². The van der Waals surface area contributed by atoms with E-state index in [0.29, 0.717) is 11.4 Å². The summed E-state index contributed by atoms with van der Waals surface area (Å²) in [5.74, 6) is -0.309. The number of carbonyl (C=O) groups excluding carboxylic acids is 2. The molecule has 1 aliphatic heterocycles. The highest BCUT2D eigenvalue weighted by molar-refractivity contribution is 7.89. The maximum atomic E-state index is 13.5. The standard InChI is InChI=1S/C26H33N3O6S/c1-17-14-29(18(2)16-30)26(32)22-13-20(27-25(31)19-9-10-19)11-12-23(22)35-24(17)15-28(3)36(33,34)21-7-5-4-6-8-21/h4-8,11-13,17-19,24,30H,9-10,14-16H2,1-3H3,(H,27,31)/t17-,18+,24-/m1/s1. The van der Waals surface area contributed by atoms with E-state index >= 15 is 0 Å². The minimum atomic E-state index is -3.74. The smallest absolute Gasteiger partial charge is 0.258 e. The number of fused-ring (bicyclic) bond motifs is 1. The number of likely N-dealkylation sites (N-methyl/N-ethyl adjacent to an activating group) is 1. The molecule has 1 fully saturated rings. The number of nitrogens with one attached hydrogen (secondary N) is 1. The van der Waals surface area contributed by atoms with Crippen LogP contribution < -0.4 is 10.1 Å². The van der Waals surface area contributed by atoms with E-state index < -0.39 is 22.2 Å². The lowest BCUT2D eigenvalue weighted by molar-refractivity contribution is -0.117. The van der Waals surface area contributed by atoms with Crippen LogP contribution in [0.2, 0.25) is 0 Å². The van der Waals surface area contributed by atoms with Crippen LogP contribution in [0.25, 0.3) is 0 Å². The fourth-order valence-corrected chi connectivity index (χ4v) is 5.44. The predicted octanol–water partition coefficient (Wildman–Crippen LogP) is 2.58. The Kier molecular flexibility index (Phi) is 7.67. The second-order valence-corrected chi connectivity index (χ2v) is 11.7. The molecule has 0 saturated heterocycles. The van der Waals surface area contributed by atoms with Gasteiger partial charge in [-0.2, -0.15) is 4.31 Å². The zero-order chi connectivity index (χ0) is 26.0. The van der Waals surface area contributed by atoms with Crippen molar-refractivity contribution in [3.8, 4) is 5.75 Å². The third kappa shape index (κ3) is 5.55. The molecule has 4 rings (SSSR count). The first-order chi connectivity index (χ1) is 17.1. The highest BCUT2D eigenvalue weighted by Gasteiger charge is 2.36. The van der Waals surface area contributed by atoms with Crippen LogP contribution >= 0.6 is 0 Å². The molecule has 0 aromatic heterocycles. The lowest BCUT2D eigenvalue weighted by Gasteiger charge is -2.38. The van der Waals surface area contributed by atoms with Gasteiger partial charge in [0.25, 0.3) is 5.91 Å². The van der Waals surface area contributed by atoms with Crippen molar-refractivity contribution in [1.29, 1.82) is 0 Å². The van der Waals surface area contributed by atoms with E-state index in [4.69, 9.17) is 4.74 Å². The van der Waals surface area contributed by atoms with Crippen molar-refractivity contribution in [3.63, 3.8) is 0 Å². The summed E-state index contributed by atoms with van der Waals surface area (Å²) in [5, 5.41) is 12.7. The molecule has 2 N–H and O–H groups in total. The molecule has 1 saturated carbocycles. The first kappa shape index (κ1) is 26.1. The van der Waals surface area contributed by atoms with Gasteiger partial charge < -0.3 is 20.1 Å². The Morgan fingerprint density at radius 2 is 1.92 bits per heavy atom. The van der Waals surface area contributed by atoms with Gasteiger partial charge in [0.05, 0.1) is 29.7 Å². The molecular weight excluding hydrogens is 482 g/mol. The zero-order valence-electron chi connectivity index (χ0n) is 20.8. The number of aliphatic hydroxyl groups is 1. The first-order valence-corrected chi connectivity index (χ1v) is 13.6. The Morgan fingerprint density at radius 3 is 2.56 bits per heavy atom. The number of hydrogen-bond acceptors (Lipinski definition) is 6. The number of amides is 2. The van der Waals surface area contributed by atoms with Gasteiger partial charge >= 0.3 is 0 Å². The largest absolute Gasteiger partial charge is 0.488 e. The number of aliphatic hydroxyl groups excluding tert-OH is 1. The molecule has 1 heterocycles. The fourth-order valence-electron chi connectivity index (χ4n) is 4.23. The Hall–Kier alpha value is -2.95. The SMILES string of the molecule is C[C@@H]1CN([C@@H](C)CO)C(=O)c2cc(NC(=O)C3CC3)ccc2O[C@@H]1CN(C)S(=O)(=O)c1ccccc1. The van der Waals surface area contributed by atoms with Gasteiger partial charge in [0.15, 0.2) is 0 Å². The van der Waals surface area contributed by atoms with Gasteiger partial charge in [-0.3, -0.25) is 9.59 Å². The van der Waals surface area contributed by atoms with Crippen molar-refractivity contribution in [2.75, 3.05) is 32.1 Å². The number of anilines is 1.